The second-order valence-corrected chi connectivity index (χ2v) is 11.1. The smallest absolute Gasteiger partial charge is 0.407 e. The average Bonchev–Trinajstić information content (AvgIpc) is 2.78. The van der Waals surface area contributed by atoms with Crippen LogP contribution in [-0.4, -0.2) is 48.8 Å². The van der Waals surface area contributed by atoms with Gasteiger partial charge in [-0.3, -0.25) is 14.3 Å². The maximum absolute atomic E-state index is 13.1. The Morgan fingerprint density at radius 2 is 1.78 bits per heavy atom. The highest BCUT2D eigenvalue weighted by Crippen LogP contribution is 2.34. The number of hydrogen-bond donors (Lipinski definition) is 3. The minimum absolute atomic E-state index is 0.0169. The van der Waals surface area contributed by atoms with Gasteiger partial charge in [0.05, 0.1) is 17.3 Å². The van der Waals surface area contributed by atoms with E-state index in [1.54, 1.807) is 51.1 Å². The van der Waals surface area contributed by atoms with Crippen molar-refractivity contribution in [3.63, 3.8) is 0 Å². The van der Waals surface area contributed by atoms with E-state index >= 15 is 0 Å². The molecule has 3 N–H and O–H groups in total. The van der Waals surface area contributed by atoms with Crippen LogP contribution >= 0.6 is 0 Å². The van der Waals surface area contributed by atoms with Crippen LogP contribution in [0, 0.1) is 0 Å². The Morgan fingerprint density at radius 1 is 1.11 bits per heavy atom. The molecule has 12 heteroatoms. The average molecular weight is 532 g/mol. The number of ether oxygens (including phenoxy) is 1. The molecule has 0 atom stereocenters. The molecule has 3 rings (SSSR count). The molecule has 3 aromatic rings. The zero-order valence-corrected chi connectivity index (χ0v) is 21.7. The molecule has 0 unspecified atom stereocenters. The van der Waals surface area contributed by atoms with Crippen molar-refractivity contribution in [3.05, 3.63) is 59.0 Å². The van der Waals surface area contributed by atoms with Crippen molar-refractivity contribution < 1.29 is 32.3 Å². The van der Waals surface area contributed by atoms with Crippen LogP contribution in [0.1, 0.15) is 33.6 Å². The number of nitrogens with one attached hydrogen (secondary N) is 2. The molecule has 2 aromatic carbocycles. The fourth-order valence-corrected chi connectivity index (χ4v) is 4.11. The number of fused-ring (bicyclic) bond motifs is 1. The molecule has 0 saturated carbocycles. The number of carbonyl (C=O) groups is 2. The molecule has 37 heavy (non-hydrogen) atoms. The highest BCUT2D eigenvalue weighted by atomic mass is 32.2. The lowest BCUT2D eigenvalue weighted by Gasteiger charge is -2.33. The SMILES string of the molecule is CC(C)(C)N(CCCC(=O)Nc1coc2cc(NS(C)(=O)=O)c(Oc3ccccc3)cc2c1=O)C(=O)O. The Morgan fingerprint density at radius 3 is 2.38 bits per heavy atom. The number of benzene rings is 2. The lowest BCUT2D eigenvalue weighted by Crippen LogP contribution is -2.45. The van der Waals surface area contributed by atoms with Gasteiger partial charge in [0.15, 0.2) is 5.75 Å². The van der Waals surface area contributed by atoms with Crippen molar-refractivity contribution >= 4 is 44.4 Å². The summed E-state index contributed by atoms with van der Waals surface area (Å²) in [5.74, 6) is -0.00392. The van der Waals surface area contributed by atoms with Crippen LogP contribution in [-0.2, 0) is 14.8 Å². The van der Waals surface area contributed by atoms with E-state index < -0.39 is 33.0 Å². The third-order valence-corrected chi connectivity index (χ3v) is 5.83. The Bertz CT molecular complexity index is 1460. The predicted octanol–water partition coefficient (Wildman–Crippen LogP) is 4.45. The summed E-state index contributed by atoms with van der Waals surface area (Å²) < 4.78 is 37.4. The Balaban J connectivity index is 1.85. The number of hydrogen-bond acceptors (Lipinski definition) is 7. The number of nitrogens with zero attached hydrogens (tertiary/aromatic N) is 1. The topological polar surface area (TPSA) is 155 Å². The van der Waals surface area contributed by atoms with Gasteiger partial charge >= 0.3 is 6.09 Å². The molecular formula is C25H29N3O8S. The minimum atomic E-state index is -3.67. The maximum Gasteiger partial charge on any atom is 0.407 e. The van der Waals surface area contributed by atoms with Crippen molar-refractivity contribution in [2.75, 3.05) is 22.8 Å². The number of sulfonamides is 1. The highest BCUT2D eigenvalue weighted by molar-refractivity contribution is 7.92. The summed E-state index contributed by atoms with van der Waals surface area (Å²) in [7, 11) is -3.67. The third kappa shape index (κ3) is 7.46. The number of anilines is 2. The fraction of sp³-hybridized carbons (Fsp3) is 0.320. The summed E-state index contributed by atoms with van der Waals surface area (Å²) in [4.78, 5) is 38.3. The first-order valence-corrected chi connectivity index (χ1v) is 13.2. The quantitative estimate of drug-likeness (QED) is 0.366. The minimum Gasteiger partial charge on any atom is -0.465 e. The molecule has 0 aliphatic heterocycles. The standard InChI is InChI=1S/C25H29N3O8S/c1-25(2,3)28(24(31)32)12-8-11-22(29)26-19-15-35-20-14-18(27-37(4,33)34)21(13-17(20)23(19)30)36-16-9-6-5-7-10-16/h5-7,9-10,13-15,27H,8,11-12H2,1-4H3,(H,26,29)(H,31,32). The van der Waals surface area contributed by atoms with Crippen molar-refractivity contribution in [1.29, 1.82) is 0 Å². The molecule has 1 aromatic heterocycles. The van der Waals surface area contributed by atoms with Gasteiger partial charge in [-0.05, 0) is 45.4 Å². The van der Waals surface area contributed by atoms with Gasteiger partial charge < -0.3 is 24.5 Å². The highest BCUT2D eigenvalue weighted by Gasteiger charge is 2.25. The zero-order chi connectivity index (χ0) is 27.4. The van der Waals surface area contributed by atoms with Crippen molar-refractivity contribution in [1.82, 2.24) is 4.90 Å². The molecule has 0 radical (unpaired) electrons. The lowest BCUT2D eigenvalue weighted by molar-refractivity contribution is -0.116. The summed E-state index contributed by atoms with van der Waals surface area (Å²) in [6.07, 6.45) is 1.21. The van der Waals surface area contributed by atoms with Gasteiger partial charge in [-0.1, -0.05) is 18.2 Å². The molecule has 0 aliphatic carbocycles. The summed E-state index contributed by atoms with van der Waals surface area (Å²) in [6.45, 7) is 5.42. The van der Waals surface area contributed by atoms with Crippen LogP contribution in [0.3, 0.4) is 0 Å². The number of amides is 2. The molecule has 0 saturated heterocycles. The zero-order valence-electron chi connectivity index (χ0n) is 20.9. The number of para-hydroxylation sites is 1. The first-order valence-electron chi connectivity index (χ1n) is 11.4. The molecule has 2 amide bonds. The van der Waals surface area contributed by atoms with E-state index in [1.165, 1.54) is 17.0 Å². The Labute approximate surface area is 214 Å². The van der Waals surface area contributed by atoms with Gasteiger partial charge in [0.2, 0.25) is 21.4 Å². The number of rotatable bonds is 9. The van der Waals surface area contributed by atoms with E-state index in [2.05, 4.69) is 10.0 Å². The van der Waals surface area contributed by atoms with E-state index in [9.17, 15) is 27.9 Å². The summed E-state index contributed by atoms with van der Waals surface area (Å²) in [6, 6.07) is 11.3. The van der Waals surface area contributed by atoms with Crippen LogP contribution in [0.5, 0.6) is 11.5 Å². The van der Waals surface area contributed by atoms with Crippen molar-refractivity contribution in [2.45, 2.75) is 39.2 Å². The molecular weight excluding hydrogens is 502 g/mol. The number of carbonyl (C=O) groups excluding carboxylic acids is 1. The number of carboxylic acid groups (broad SMARTS) is 1. The van der Waals surface area contributed by atoms with Gasteiger partial charge in [0.25, 0.3) is 0 Å². The van der Waals surface area contributed by atoms with Crippen LogP contribution < -0.4 is 20.2 Å². The molecule has 198 valence electrons. The molecule has 1 heterocycles. The van der Waals surface area contributed by atoms with Crippen LogP contribution in [0.15, 0.2) is 57.9 Å². The van der Waals surface area contributed by atoms with E-state index in [1.807, 2.05) is 0 Å². The summed E-state index contributed by atoms with van der Waals surface area (Å²) in [5.41, 5.74) is -1.14. The van der Waals surface area contributed by atoms with E-state index in [0.717, 1.165) is 12.5 Å². The maximum atomic E-state index is 13.1. The second-order valence-electron chi connectivity index (χ2n) is 9.37. The molecule has 0 fully saturated rings. The van der Waals surface area contributed by atoms with E-state index in [0.29, 0.717) is 5.75 Å². The molecule has 11 nitrogen and oxygen atoms in total. The van der Waals surface area contributed by atoms with Gasteiger partial charge in [-0.25, -0.2) is 13.2 Å². The van der Waals surface area contributed by atoms with E-state index in [-0.39, 0.29) is 47.5 Å². The van der Waals surface area contributed by atoms with Crippen LogP contribution in [0.4, 0.5) is 16.2 Å². The first-order chi connectivity index (χ1) is 17.2. The molecule has 0 spiro atoms. The fourth-order valence-electron chi connectivity index (χ4n) is 3.55. The van der Waals surface area contributed by atoms with Gasteiger partial charge in [0, 0.05) is 24.6 Å². The molecule has 0 aliphatic rings. The van der Waals surface area contributed by atoms with E-state index in [4.69, 9.17) is 9.15 Å². The lowest BCUT2D eigenvalue weighted by atomic mass is 10.1. The van der Waals surface area contributed by atoms with Gasteiger partial charge in [0.1, 0.15) is 23.3 Å². The Kier molecular flexibility index (Phi) is 8.12. The third-order valence-electron chi connectivity index (χ3n) is 5.24. The van der Waals surface area contributed by atoms with Crippen molar-refractivity contribution in [2.24, 2.45) is 0 Å². The predicted molar refractivity (Wildman–Crippen MR) is 140 cm³/mol. The van der Waals surface area contributed by atoms with Gasteiger partial charge in [-0.15, -0.1) is 0 Å². The largest absolute Gasteiger partial charge is 0.465 e. The second kappa shape index (κ2) is 10.9. The Hall–Kier alpha value is -4.06. The van der Waals surface area contributed by atoms with Gasteiger partial charge in [-0.2, -0.15) is 0 Å². The molecule has 0 bridgehead atoms. The van der Waals surface area contributed by atoms with Crippen molar-refractivity contribution in [3.8, 4) is 11.5 Å². The summed E-state index contributed by atoms with van der Waals surface area (Å²) >= 11 is 0. The summed E-state index contributed by atoms with van der Waals surface area (Å²) in [5, 5.41) is 11.9. The first kappa shape index (κ1) is 27.5. The monoisotopic (exact) mass is 531 g/mol. The van der Waals surface area contributed by atoms with Crippen LogP contribution in [0.2, 0.25) is 0 Å². The van der Waals surface area contributed by atoms with Crippen LogP contribution in [0.25, 0.3) is 11.0 Å². The normalized spacial score (nSPS) is 11.7.